The number of nitrogens with one attached hydrogen (secondary N) is 1. The smallest absolute Gasteiger partial charge is 0.272 e. The summed E-state index contributed by atoms with van der Waals surface area (Å²) in [5, 5.41) is 3.88. The average Bonchev–Trinajstić information content (AvgIpc) is 2.56. The molecule has 1 saturated heterocycles. The number of likely N-dealkylation sites (tertiary alicyclic amines) is 1. The summed E-state index contributed by atoms with van der Waals surface area (Å²) < 4.78 is 0. The summed E-state index contributed by atoms with van der Waals surface area (Å²) >= 11 is 6.00. The highest BCUT2D eigenvalue weighted by Gasteiger charge is 2.23. The van der Waals surface area contributed by atoms with E-state index in [1.165, 1.54) is 6.42 Å². The number of aryl methyl sites for hydroxylation is 2. The van der Waals surface area contributed by atoms with E-state index < -0.39 is 0 Å². The third-order valence-corrected chi connectivity index (χ3v) is 4.69. The predicted molar refractivity (Wildman–Crippen MR) is 101 cm³/mol. The zero-order valence-electron chi connectivity index (χ0n) is 14.8. The lowest BCUT2D eigenvalue weighted by Crippen LogP contribution is -2.39. The Morgan fingerprint density at radius 1 is 1.28 bits per heavy atom. The van der Waals surface area contributed by atoms with Crippen molar-refractivity contribution in [2.24, 2.45) is 5.92 Å². The van der Waals surface area contributed by atoms with Gasteiger partial charge in [-0.3, -0.25) is 4.79 Å². The molecule has 1 aromatic heterocycles. The van der Waals surface area contributed by atoms with Crippen LogP contribution in [-0.4, -0.2) is 33.9 Å². The molecule has 25 heavy (non-hydrogen) atoms. The number of rotatable bonds is 3. The van der Waals surface area contributed by atoms with E-state index in [1.807, 2.05) is 36.9 Å². The Bertz CT molecular complexity index is 793. The zero-order chi connectivity index (χ0) is 18.0. The highest BCUT2D eigenvalue weighted by Crippen LogP contribution is 2.23. The molecular formula is C19H23ClN4O. The first-order valence-corrected chi connectivity index (χ1v) is 8.98. The van der Waals surface area contributed by atoms with E-state index in [4.69, 9.17) is 11.6 Å². The molecule has 1 aliphatic rings. The van der Waals surface area contributed by atoms with Crippen molar-refractivity contribution in [3.8, 4) is 0 Å². The predicted octanol–water partition coefficient (Wildman–Crippen LogP) is 4.36. The van der Waals surface area contributed by atoms with E-state index >= 15 is 0 Å². The summed E-state index contributed by atoms with van der Waals surface area (Å²) in [7, 11) is 0. The molecule has 0 bridgehead atoms. The number of carbonyl (C=O) groups excluding carboxylic acids is 1. The van der Waals surface area contributed by atoms with Gasteiger partial charge in [-0.15, -0.1) is 0 Å². The van der Waals surface area contributed by atoms with Gasteiger partial charge in [-0.05, 0) is 62.4 Å². The van der Waals surface area contributed by atoms with E-state index in [9.17, 15) is 4.79 Å². The van der Waals surface area contributed by atoms with Gasteiger partial charge in [0.15, 0.2) is 0 Å². The van der Waals surface area contributed by atoms with Crippen molar-refractivity contribution in [1.29, 1.82) is 0 Å². The molecule has 1 aliphatic heterocycles. The highest BCUT2D eigenvalue weighted by atomic mass is 35.5. The lowest BCUT2D eigenvalue weighted by molar-refractivity contribution is 0.0677. The maximum Gasteiger partial charge on any atom is 0.272 e. The molecule has 2 heterocycles. The third-order valence-electron chi connectivity index (χ3n) is 4.45. The average molecular weight is 359 g/mol. The molecule has 0 radical (unpaired) electrons. The van der Waals surface area contributed by atoms with Gasteiger partial charge in [0.25, 0.3) is 5.91 Å². The molecule has 6 heteroatoms. The van der Waals surface area contributed by atoms with Crippen LogP contribution in [0.5, 0.6) is 0 Å². The Labute approximate surface area is 153 Å². The van der Waals surface area contributed by atoms with Crippen LogP contribution in [-0.2, 0) is 0 Å². The molecule has 1 unspecified atom stereocenters. The van der Waals surface area contributed by atoms with Gasteiger partial charge in [0, 0.05) is 29.5 Å². The standard InChI is InChI=1S/C19H23ClN4O/c1-12-5-4-8-24(11-12)18(25)17-10-14(3)21-19(23-17)22-16-7-6-15(20)9-13(16)2/h6-7,9-10,12H,4-5,8,11H2,1-3H3,(H,21,22,23). The van der Waals surface area contributed by atoms with Gasteiger partial charge in [-0.2, -0.15) is 0 Å². The number of benzene rings is 1. The molecular weight excluding hydrogens is 336 g/mol. The summed E-state index contributed by atoms with van der Waals surface area (Å²) in [4.78, 5) is 23.6. The number of aromatic nitrogens is 2. The molecule has 1 fully saturated rings. The van der Waals surface area contributed by atoms with Gasteiger partial charge in [0.05, 0.1) is 0 Å². The van der Waals surface area contributed by atoms with Crippen LogP contribution in [0.2, 0.25) is 5.02 Å². The number of piperidine rings is 1. The van der Waals surface area contributed by atoms with Gasteiger partial charge in [0.1, 0.15) is 5.69 Å². The molecule has 1 aromatic carbocycles. The molecule has 5 nitrogen and oxygen atoms in total. The van der Waals surface area contributed by atoms with Gasteiger partial charge in [-0.1, -0.05) is 18.5 Å². The molecule has 0 spiro atoms. The van der Waals surface area contributed by atoms with Gasteiger partial charge in [-0.25, -0.2) is 9.97 Å². The molecule has 3 rings (SSSR count). The lowest BCUT2D eigenvalue weighted by atomic mass is 10.00. The Hall–Kier alpha value is -2.14. The van der Waals surface area contributed by atoms with Crippen LogP contribution in [0.25, 0.3) is 0 Å². The van der Waals surface area contributed by atoms with Gasteiger partial charge < -0.3 is 10.2 Å². The Morgan fingerprint density at radius 3 is 2.80 bits per heavy atom. The van der Waals surface area contributed by atoms with Crippen LogP contribution in [0.4, 0.5) is 11.6 Å². The van der Waals surface area contributed by atoms with Crippen molar-refractivity contribution in [3.05, 3.63) is 46.2 Å². The second kappa shape index (κ2) is 7.40. The lowest BCUT2D eigenvalue weighted by Gasteiger charge is -2.30. The number of amides is 1. The monoisotopic (exact) mass is 358 g/mol. The summed E-state index contributed by atoms with van der Waals surface area (Å²) in [5.41, 5.74) is 3.07. The molecule has 1 atom stereocenters. The SMILES string of the molecule is Cc1cc(C(=O)N2CCCC(C)C2)nc(Nc2ccc(Cl)cc2C)n1. The topological polar surface area (TPSA) is 58.1 Å². The van der Waals surface area contributed by atoms with E-state index in [0.29, 0.717) is 22.6 Å². The summed E-state index contributed by atoms with van der Waals surface area (Å²) in [6.07, 6.45) is 2.22. The molecule has 132 valence electrons. The Kier molecular flexibility index (Phi) is 5.23. The van der Waals surface area contributed by atoms with Crippen molar-refractivity contribution in [3.63, 3.8) is 0 Å². The minimum atomic E-state index is -0.0204. The van der Waals surface area contributed by atoms with Crippen LogP contribution in [0, 0.1) is 19.8 Å². The fraction of sp³-hybridized carbons (Fsp3) is 0.421. The second-order valence-electron chi connectivity index (χ2n) is 6.80. The zero-order valence-corrected chi connectivity index (χ0v) is 15.6. The first-order valence-electron chi connectivity index (χ1n) is 8.60. The number of hydrogen-bond acceptors (Lipinski definition) is 4. The van der Waals surface area contributed by atoms with Gasteiger partial charge in [0.2, 0.25) is 5.95 Å². The summed E-state index contributed by atoms with van der Waals surface area (Å²) in [6.45, 7) is 7.61. The van der Waals surface area contributed by atoms with E-state index in [0.717, 1.165) is 36.5 Å². The Morgan fingerprint density at radius 2 is 2.08 bits per heavy atom. The minimum absolute atomic E-state index is 0.0204. The van der Waals surface area contributed by atoms with Crippen molar-refractivity contribution < 1.29 is 4.79 Å². The first kappa shape index (κ1) is 17.7. The van der Waals surface area contributed by atoms with Crippen molar-refractivity contribution >= 4 is 29.1 Å². The number of anilines is 2. The molecule has 1 N–H and O–H groups in total. The summed E-state index contributed by atoms with van der Waals surface area (Å²) in [6, 6.07) is 7.33. The molecule has 0 aliphatic carbocycles. The molecule has 2 aromatic rings. The normalized spacial score (nSPS) is 17.4. The fourth-order valence-electron chi connectivity index (χ4n) is 3.16. The quantitative estimate of drug-likeness (QED) is 0.885. The largest absolute Gasteiger partial charge is 0.337 e. The maximum atomic E-state index is 12.8. The minimum Gasteiger partial charge on any atom is -0.337 e. The van der Waals surface area contributed by atoms with Crippen LogP contribution >= 0.6 is 11.6 Å². The van der Waals surface area contributed by atoms with E-state index in [-0.39, 0.29) is 5.91 Å². The van der Waals surface area contributed by atoms with Crippen LogP contribution < -0.4 is 5.32 Å². The summed E-state index contributed by atoms with van der Waals surface area (Å²) in [5.74, 6) is 0.946. The molecule has 0 saturated carbocycles. The number of carbonyl (C=O) groups is 1. The molecule has 1 amide bonds. The fourth-order valence-corrected chi connectivity index (χ4v) is 3.38. The highest BCUT2D eigenvalue weighted by molar-refractivity contribution is 6.30. The maximum absolute atomic E-state index is 12.8. The Balaban J connectivity index is 1.83. The van der Waals surface area contributed by atoms with Crippen molar-refractivity contribution in [2.45, 2.75) is 33.6 Å². The van der Waals surface area contributed by atoms with Crippen LogP contribution in [0.15, 0.2) is 24.3 Å². The second-order valence-corrected chi connectivity index (χ2v) is 7.24. The number of nitrogens with zero attached hydrogens (tertiary/aromatic N) is 3. The van der Waals surface area contributed by atoms with E-state index in [1.54, 1.807) is 6.07 Å². The van der Waals surface area contributed by atoms with Crippen LogP contribution in [0.1, 0.15) is 41.5 Å². The van der Waals surface area contributed by atoms with Crippen molar-refractivity contribution in [1.82, 2.24) is 14.9 Å². The number of hydrogen-bond donors (Lipinski definition) is 1. The first-order chi connectivity index (χ1) is 11.9. The van der Waals surface area contributed by atoms with Crippen molar-refractivity contribution in [2.75, 3.05) is 18.4 Å². The van der Waals surface area contributed by atoms with Crippen LogP contribution in [0.3, 0.4) is 0 Å². The van der Waals surface area contributed by atoms with E-state index in [2.05, 4.69) is 22.2 Å². The van der Waals surface area contributed by atoms with Gasteiger partial charge >= 0.3 is 0 Å². The number of halogens is 1. The third kappa shape index (κ3) is 4.28.